The average Bonchev–Trinajstić information content (AvgIpc) is 3.05. The van der Waals surface area contributed by atoms with Gasteiger partial charge in [-0.2, -0.15) is 0 Å². The van der Waals surface area contributed by atoms with Crippen molar-refractivity contribution in [2.24, 2.45) is 0 Å². The number of benzene rings is 1. The normalized spacial score (nSPS) is 10.1. The van der Waals surface area contributed by atoms with E-state index in [0.29, 0.717) is 4.47 Å². The molecular formula is C15H13BrN4O6. The highest BCUT2D eigenvalue weighted by atomic mass is 79.9. The van der Waals surface area contributed by atoms with Gasteiger partial charge < -0.3 is 9.72 Å². The molecule has 0 saturated heterocycles. The summed E-state index contributed by atoms with van der Waals surface area (Å²) in [6.45, 7) is 1.65. The Hall–Kier alpha value is -3.21. The molecule has 0 unspecified atom stereocenters. The molecule has 26 heavy (non-hydrogen) atoms. The Morgan fingerprint density at radius 3 is 2.38 bits per heavy atom. The van der Waals surface area contributed by atoms with Crippen LogP contribution in [-0.2, 0) is 4.74 Å². The minimum absolute atomic E-state index is 0.0742. The highest BCUT2D eigenvalue weighted by Crippen LogP contribution is 2.18. The Labute approximate surface area is 155 Å². The van der Waals surface area contributed by atoms with Crippen LogP contribution in [0, 0.1) is 10.1 Å². The zero-order valence-corrected chi connectivity index (χ0v) is 15.0. The molecule has 10 nitrogen and oxygen atoms in total. The largest absolute Gasteiger partial charge is 0.462 e. The van der Waals surface area contributed by atoms with Gasteiger partial charge in [-0.25, -0.2) is 4.79 Å². The lowest BCUT2D eigenvalue weighted by atomic mass is 10.1. The Bertz CT molecular complexity index is 879. The van der Waals surface area contributed by atoms with E-state index < -0.39 is 28.4 Å². The summed E-state index contributed by atoms with van der Waals surface area (Å²) in [5.74, 6) is -2.26. The van der Waals surface area contributed by atoms with Crippen LogP contribution in [-0.4, -0.2) is 34.3 Å². The molecule has 0 aliphatic heterocycles. The van der Waals surface area contributed by atoms with Gasteiger partial charge in [0.05, 0.1) is 17.1 Å². The Morgan fingerprint density at radius 2 is 1.81 bits per heavy atom. The number of non-ortho nitro benzene ring substituents is 1. The molecule has 1 aromatic carbocycles. The molecule has 136 valence electrons. The molecule has 0 atom stereocenters. The predicted molar refractivity (Wildman–Crippen MR) is 92.5 cm³/mol. The summed E-state index contributed by atoms with van der Waals surface area (Å²) >= 11 is 3.17. The smallest absolute Gasteiger partial charge is 0.338 e. The molecule has 0 bridgehead atoms. The van der Waals surface area contributed by atoms with Gasteiger partial charge in [-0.1, -0.05) is 0 Å². The van der Waals surface area contributed by atoms with Crippen LogP contribution in [0.2, 0.25) is 0 Å². The van der Waals surface area contributed by atoms with Crippen LogP contribution in [0.3, 0.4) is 0 Å². The van der Waals surface area contributed by atoms with Gasteiger partial charge in [0, 0.05) is 28.4 Å². The third kappa shape index (κ3) is 4.66. The molecule has 0 spiro atoms. The van der Waals surface area contributed by atoms with Crippen molar-refractivity contribution in [3.05, 3.63) is 61.9 Å². The first-order chi connectivity index (χ1) is 12.3. The summed E-state index contributed by atoms with van der Waals surface area (Å²) in [5.41, 5.74) is 3.67. The Balaban J connectivity index is 2.17. The fourth-order valence-electron chi connectivity index (χ4n) is 1.93. The number of hydrogen-bond acceptors (Lipinski definition) is 6. The first-order valence-corrected chi connectivity index (χ1v) is 8.02. The van der Waals surface area contributed by atoms with Crippen LogP contribution in [0.5, 0.6) is 0 Å². The minimum Gasteiger partial charge on any atom is -0.462 e. The number of hydrazine groups is 1. The van der Waals surface area contributed by atoms with E-state index in [-0.39, 0.29) is 23.4 Å². The summed E-state index contributed by atoms with van der Waals surface area (Å²) < 4.78 is 5.43. The van der Waals surface area contributed by atoms with Crippen molar-refractivity contribution in [2.45, 2.75) is 6.92 Å². The minimum atomic E-state index is -0.835. The number of hydrogen-bond donors (Lipinski definition) is 3. The van der Waals surface area contributed by atoms with Gasteiger partial charge in [-0.15, -0.1) is 0 Å². The number of nitrogens with zero attached hydrogens (tertiary/aromatic N) is 1. The van der Waals surface area contributed by atoms with Gasteiger partial charge in [-0.3, -0.25) is 30.6 Å². The molecular weight excluding hydrogens is 412 g/mol. The second-order valence-electron chi connectivity index (χ2n) is 4.89. The fraction of sp³-hybridized carbons (Fsp3) is 0.133. The number of carbonyl (C=O) groups is 3. The van der Waals surface area contributed by atoms with E-state index >= 15 is 0 Å². The highest BCUT2D eigenvalue weighted by molar-refractivity contribution is 9.10. The number of esters is 1. The zero-order chi connectivity index (χ0) is 19.3. The van der Waals surface area contributed by atoms with Gasteiger partial charge in [-0.05, 0) is 35.0 Å². The Kier molecular flexibility index (Phi) is 6.07. The standard InChI is InChI=1S/C15H13BrN4O6/c1-2-26-15(23)9-3-8(4-11(5-9)20(24)25)13(21)18-19-14(22)12-6-10(16)7-17-12/h3-7,17H,2H2,1H3,(H,18,21)(H,19,22). The van der Waals surface area contributed by atoms with Crippen molar-refractivity contribution in [2.75, 3.05) is 6.61 Å². The Morgan fingerprint density at radius 1 is 1.15 bits per heavy atom. The van der Waals surface area contributed by atoms with E-state index in [1.165, 1.54) is 12.3 Å². The molecule has 0 fully saturated rings. The number of carbonyl (C=O) groups excluding carboxylic acids is 3. The number of nitrogens with one attached hydrogen (secondary N) is 3. The molecule has 2 rings (SSSR count). The zero-order valence-electron chi connectivity index (χ0n) is 13.4. The summed E-state index contributed by atoms with van der Waals surface area (Å²) in [6, 6.07) is 4.62. The quantitative estimate of drug-likeness (QED) is 0.380. The number of ether oxygens (including phenoxy) is 1. The molecule has 2 amide bonds. The lowest BCUT2D eigenvalue weighted by molar-refractivity contribution is -0.384. The number of nitro groups is 1. The van der Waals surface area contributed by atoms with Crippen LogP contribution >= 0.6 is 15.9 Å². The average molecular weight is 425 g/mol. The van der Waals surface area contributed by atoms with Gasteiger partial charge in [0.2, 0.25) is 0 Å². The number of aromatic amines is 1. The lowest BCUT2D eigenvalue weighted by Crippen LogP contribution is -2.41. The van der Waals surface area contributed by atoms with Gasteiger partial charge >= 0.3 is 5.97 Å². The molecule has 0 saturated carbocycles. The van der Waals surface area contributed by atoms with Crippen molar-refractivity contribution in [3.63, 3.8) is 0 Å². The van der Waals surface area contributed by atoms with Crippen LogP contribution in [0.25, 0.3) is 0 Å². The second kappa shape index (κ2) is 8.25. The first kappa shape index (κ1) is 19.1. The van der Waals surface area contributed by atoms with Crippen molar-refractivity contribution in [1.82, 2.24) is 15.8 Å². The molecule has 3 N–H and O–H groups in total. The topological polar surface area (TPSA) is 143 Å². The van der Waals surface area contributed by atoms with E-state index in [1.54, 1.807) is 6.92 Å². The number of rotatable bonds is 5. The molecule has 2 aromatic rings. The third-order valence-electron chi connectivity index (χ3n) is 3.08. The van der Waals surface area contributed by atoms with Crippen molar-refractivity contribution in [3.8, 4) is 0 Å². The molecule has 1 heterocycles. The lowest BCUT2D eigenvalue weighted by Gasteiger charge is -2.08. The molecule has 1 aromatic heterocycles. The third-order valence-corrected chi connectivity index (χ3v) is 3.54. The number of H-pyrrole nitrogens is 1. The maximum Gasteiger partial charge on any atom is 0.338 e. The number of nitro benzene ring substituents is 1. The van der Waals surface area contributed by atoms with Crippen molar-refractivity contribution < 1.29 is 24.0 Å². The van der Waals surface area contributed by atoms with Gasteiger partial charge in [0.25, 0.3) is 17.5 Å². The van der Waals surface area contributed by atoms with Crippen LogP contribution in [0.1, 0.15) is 38.1 Å². The molecule has 0 aliphatic rings. The SMILES string of the molecule is CCOC(=O)c1cc(C(=O)NNC(=O)c2cc(Br)c[nH]2)cc([N+](=O)[O-])c1. The van der Waals surface area contributed by atoms with Crippen molar-refractivity contribution in [1.29, 1.82) is 0 Å². The maximum atomic E-state index is 12.2. The van der Waals surface area contributed by atoms with Crippen LogP contribution < -0.4 is 10.9 Å². The predicted octanol–water partition coefficient (Wildman–Crippen LogP) is 1.94. The second-order valence-corrected chi connectivity index (χ2v) is 5.80. The molecule has 0 aliphatic carbocycles. The summed E-state index contributed by atoms with van der Waals surface area (Å²) in [4.78, 5) is 48.8. The number of aromatic nitrogens is 1. The highest BCUT2D eigenvalue weighted by Gasteiger charge is 2.19. The van der Waals surface area contributed by atoms with Crippen LogP contribution in [0.4, 0.5) is 5.69 Å². The summed E-state index contributed by atoms with van der Waals surface area (Å²) in [5, 5.41) is 11.0. The van der Waals surface area contributed by atoms with E-state index in [1.807, 2.05) is 0 Å². The van der Waals surface area contributed by atoms with Gasteiger partial charge in [0.1, 0.15) is 5.69 Å². The number of amides is 2. The summed E-state index contributed by atoms with van der Waals surface area (Å²) in [7, 11) is 0. The fourth-order valence-corrected chi connectivity index (χ4v) is 2.28. The first-order valence-electron chi connectivity index (χ1n) is 7.23. The number of halogens is 1. The van der Waals surface area contributed by atoms with E-state index in [0.717, 1.165) is 18.2 Å². The van der Waals surface area contributed by atoms with Crippen molar-refractivity contribution >= 4 is 39.4 Å². The monoisotopic (exact) mass is 424 g/mol. The molecule has 11 heteroatoms. The van der Waals surface area contributed by atoms with Gasteiger partial charge in [0.15, 0.2) is 0 Å². The maximum absolute atomic E-state index is 12.2. The summed E-state index contributed by atoms with van der Waals surface area (Å²) in [6.07, 6.45) is 1.53. The molecule has 0 radical (unpaired) electrons. The van der Waals surface area contributed by atoms with E-state index in [2.05, 4.69) is 31.8 Å². The van der Waals surface area contributed by atoms with Crippen LogP contribution in [0.15, 0.2) is 34.9 Å². The van der Waals surface area contributed by atoms with E-state index in [9.17, 15) is 24.5 Å². The van der Waals surface area contributed by atoms with E-state index in [4.69, 9.17) is 4.74 Å².